The summed E-state index contributed by atoms with van der Waals surface area (Å²) in [5.41, 5.74) is 2.63. The third-order valence-electron chi connectivity index (χ3n) is 5.70. The van der Waals surface area contributed by atoms with Gasteiger partial charge in [0.25, 0.3) is 0 Å². The van der Waals surface area contributed by atoms with Crippen molar-refractivity contribution in [2.75, 3.05) is 26.2 Å². The Labute approximate surface area is 170 Å². The molecule has 1 heterocycles. The summed E-state index contributed by atoms with van der Waals surface area (Å²) in [6, 6.07) is 19.3. The molecule has 2 aromatic rings. The van der Waals surface area contributed by atoms with Gasteiger partial charge in [-0.15, -0.1) is 0 Å². The van der Waals surface area contributed by atoms with Crippen molar-refractivity contribution in [1.29, 1.82) is 0 Å². The number of ether oxygens (including phenoxy) is 2. The molecule has 0 amide bonds. The number of hydrogen-bond acceptors (Lipinski definition) is 3. The second-order valence-electron chi connectivity index (χ2n) is 8.59. The fraction of sp³-hybridized carbons (Fsp3) is 0.520. The number of nitrogens with zero attached hydrogens (tertiary/aromatic N) is 1. The predicted octanol–water partition coefficient (Wildman–Crippen LogP) is 5.28. The molecule has 2 atom stereocenters. The molecule has 0 aromatic heterocycles. The van der Waals surface area contributed by atoms with Crippen LogP contribution in [0.25, 0.3) is 0 Å². The normalized spacial score (nSPS) is 20.9. The minimum atomic E-state index is -0.00772. The highest BCUT2D eigenvalue weighted by molar-refractivity contribution is 5.39. The van der Waals surface area contributed by atoms with Crippen LogP contribution in [0.2, 0.25) is 0 Å². The van der Waals surface area contributed by atoms with Gasteiger partial charge in [-0.2, -0.15) is 0 Å². The fourth-order valence-electron chi connectivity index (χ4n) is 4.08. The van der Waals surface area contributed by atoms with Gasteiger partial charge in [0.05, 0.1) is 18.8 Å². The van der Waals surface area contributed by atoms with Gasteiger partial charge in [0.1, 0.15) is 5.75 Å². The minimum absolute atomic E-state index is 0.00772. The van der Waals surface area contributed by atoms with Gasteiger partial charge in [-0.1, -0.05) is 56.3 Å². The van der Waals surface area contributed by atoms with E-state index in [1.807, 2.05) is 0 Å². The zero-order valence-electron chi connectivity index (χ0n) is 17.9. The first-order valence-electron chi connectivity index (χ1n) is 10.6. The molecule has 0 saturated carbocycles. The van der Waals surface area contributed by atoms with E-state index in [1.165, 1.54) is 17.5 Å². The second-order valence-corrected chi connectivity index (χ2v) is 8.59. The van der Waals surface area contributed by atoms with Gasteiger partial charge in [0.15, 0.2) is 0 Å². The number of hydrogen-bond donors (Lipinski definition) is 0. The Bertz CT molecular complexity index is 701. The molecule has 0 radical (unpaired) electrons. The third kappa shape index (κ3) is 5.59. The summed E-state index contributed by atoms with van der Waals surface area (Å²) in [4.78, 5) is 2.51. The van der Waals surface area contributed by atoms with Gasteiger partial charge in [0.2, 0.25) is 0 Å². The summed E-state index contributed by atoms with van der Waals surface area (Å²) < 4.78 is 11.8. The Morgan fingerprint density at radius 3 is 2.14 bits per heavy atom. The lowest BCUT2D eigenvalue weighted by atomic mass is 9.78. The lowest BCUT2D eigenvalue weighted by molar-refractivity contribution is -0.0682. The van der Waals surface area contributed by atoms with Gasteiger partial charge in [-0.25, -0.2) is 0 Å². The van der Waals surface area contributed by atoms with Crippen molar-refractivity contribution in [3.63, 3.8) is 0 Å². The lowest BCUT2D eigenvalue weighted by Gasteiger charge is -2.35. The van der Waals surface area contributed by atoms with Gasteiger partial charge in [-0.3, -0.25) is 4.90 Å². The second kappa shape index (κ2) is 9.58. The summed E-state index contributed by atoms with van der Waals surface area (Å²) >= 11 is 0. The first-order chi connectivity index (χ1) is 13.4. The van der Waals surface area contributed by atoms with E-state index in [9.17, 15) is 0 Å². The molecule has 152 valence electrons. The summed E-state index contributed by atoms with van der Waals surface area (Å²) in [5, 5.41) is 0. The van der Waals surface area contributed by atoms with Crippen LogP contribution < -0.4 is 4.74 Å². The smallest absolute Gasteiger partial charge is 0.119 e. The van der Waals surface area contributed by atoms with Crippen LogP contribution in [0.15, 0.2) is 54.6 Å². The van der Waals surface area contributed by atoms with E-state index < -0.39 is 0 Å². The standard InChI is InChI=1S/C25H35NO2/c1-20-18-26(19-21(2)28-20)16-8-9-17-27-24-14-12-23(13-15-24)25(3,4)22-10-6-5-7-11-22/h5-7,10-15,20-21H,8-9,16-19H2,1-4H3/t20-,21+. The van der Waals surface area contributed by atoms with Crippen LogP contribution >= 0.6 is 0 Å². The highest BCUT2D eigenvalue weighted by atomic mass is 16.5. The van der Waals surface area contributed by atoms with Gasteiger partial charge < -0.3 is 9.47 Å². The minimum Gasteiger partial charge on any atom is -0.494 e. The molecular weight excluding hydrogens is 346 g/mol. The Morgan fingerprint density at radius 1 is 0.893 bits per heavy atom. The predicted molar refractivity (Wildman–Crippen MR) is 116 cm³/mol. The van der Waals surface area contributed by atoms with E-state index >= 15 is 0 Å². The Kier molecular flexibility index (Phi) is 7.14. The van der Waals surface area contributed by atoms with Gasteiger partial charge in [0, 0.05) is 18.5 Å². The van der Waals surface area contributed by atoms with E-state index in [0.29, 0.717) is 12.2 Å². The number of morpholine rings is 1. The van der Waals surface area contributed by atoms with Crippen LogP contribution in [0, 0.1) is 0 Å². The van der Waals surface area contributed by atoms with Crippen LogP contribution in [0.3, 0.4) is 0 Å². The molecule has 2 aromatic carbocycles. The van der Waals surface area contributed by atoms with E-state index in [2.05, 4.69) is 87.2 Å². The van der Waals surface area contributed by atoms with Crippen LogP contribution in [0.5, 0.6) is 5.75 Å². The zero-order chi connectivity index (χ0) is 20.0. The molecule has 1 aliphatic rings. The van der Waals surface area contributed by atoms with Crippen molar-refractivity contribution in [2.24, 2.45) is 0 Å². The average Bonchev–Trinajstić information content (AvgIpc) is 2.68. The van der Waals surface area contributed by atoms with E-state index in [-0.39, 0.29) is 5.41 Å². The Hall–Kier alpha value is -1.84. The molecule has 3 heteroatoms. The molecule has 1 fully saturated rings. The highest BCUT2D eigenvalue weighted by Gasteiger charge is 2.23. The van der Waals surface area contributed by atoms with Crippen molar-refractivity contribution < 1.29 is 9.47 Å². The first-order valence-corrected chi connectivity index (χ1v) is 10.6. The zero-order valence-corrected chi connectivity index (χ0v) is 17.9. The Morgan fingerprint density at radius 2 is 1.50 bits per heavy atom. The molecule has 0 bridgehead atoms. The monoisotopic (exact) mass is 381 g/mol. The molecule has 1 aliphatic heterocycles. The van der Waals surface area contributed by atoms with Crippen LogP contribution in [-0.4, -0.2) is 43.3 Å². The summed E-state index contributed by atoms with van der Waals surface area (Å²) in [6.45, 7) is 12.9. The molecular formula is C25H35NO2. The van der Waals surface area contributed by atoms with Crippen molar-refractivity contribution in [1.82, 2.24) is 4.90 Å². The van der Waals surface area contributed by atoms with Crippen LogP contribution in [-0.2, 0) is 10.2 Å². The van der Waals surface area contributed by atoms with Crippen molar-refractivity contribution in [3.8, 4) is 5.75 Å². The summed E-state index contributed by atoms with van der Waals surface area (Å²) in [6.07, 6.45) is 2.94. The van der Waals surface area contributed by atoms with Crippen molar-refractivity contribution >= 4 is 0 Å². The molecule has 0 N–H and O–H groups in total. The van der Waals surface area contributed by atoms with Crippen molar-refractivity contribution in [2.45, 2.75) is 58.2 Å². The van der Waals surface area contributed by atoms with Crippen LogP contribution in [0.1, 0.15) is 51.7 Å². The molecule has 0 aliphatic carbocycles. The maximum atomic E-state index is 5.97. The summed E-state index contributed by atoms with van der Waals surface area (Å²) in [7, 11) is 0. The SMILES string of the molecule is C[C@@H]1CN(CCCCOc2ccc(C(C)(C)c3ccccc3)cc2)C[C@H](C)O1. The highest BCUT2D eigenvalue weighted by Crippen LogP contribution is 2.32. The maximum absolute atomic E-state index is 5.97. The average molecular weight is 382 g/mol. The van der Waals surface area contributed by atoms with Crippen LogP contribution in [0.4, 0.5) is 0 Å². The Balaban J connectivity index is 1.42. The maximum Gasteiger partial charge on any atom is 0.119 e. The number of benzene rings is 2. The first kappa shape index (κ1) is 20.9. The molecule has 0 unspecified atom stereocenters. The number of unbranched alkanes of at least 4 members (excludes halogenated alkanes) is 1. The fourth-order valence-corrected chi connectivity index (χ4v) is 4.08. The molecule has 0 spiro atoms. The topological polar surface area (TPSA) is 21.7 Å². The molecule has 1 saturated heterocycles. The lowest BCUT2D eigenvalue weighted by Crippen LogP contribution is -2.45. The number of rotatable bonds is 8. The molecule has 28 heavy (non-hydrogen) atoms. The third-order valence-corrected chi connectivity index (χ3v) is 5.70. The molecule has 3 rings (SSSR count). The van der Waals surface area contributed by atoms with E-state index in [1.54, 1.807) is 0 Å². The quantitative estimate of drug-likeness (QED) is 0.581. The van der Waals surface area contributed by atoms with E-state index in [0.717, 1.165) is 38.4 Å². The molecule has 3 nitrogen and oxygen atoms in total. The van der Waals surface area contributed by atoms with Gasteiger partial charge >= 0.3 is 0 Å². The summed E-state index contributed by atoms with van der Waals surface area (Å²) in [5.74, 6) is 0.959. The van der Waals surface area contributed by atoms with Gasteiger partial charge in [-0.05, 0) is 56.5 Å². The largest absolute Gasteiger partial charge is 0.494 e. The van der Waals surface area contributed by atoms with E-state index in [4.69, 9.17) is 9.47 Å². The van der Waals surface area contributed by atoms with Crippen molar-refractivity contribution in [3.05, 3.63) is 65.7 Å².